The molecule has 0 saturated heterocycles. The number of rotatable bonds is 5. The Morgan fingerprint density at radius 2 is 0.979 bits per heavy atom. The van der Waals surface area contributed by atoms with Gasteiger partial charge in [0, 0.05) is 22.2 Å². The molecule has 1 aliphatic rings. The van der Waals surface area contributed by atoms with E-state index in [0.717, 1.165) is 11.4 Å². The van der Waals surface area contributed by atoms with E-state index in [1.54, 1.807) is 0 Å². The molecule has 0 heterocycles. The molecule has 228 valence electrons. The first-order valence-electron chi connectivity index (χ1n) is 16.8. The first-order chi connectivity index (χ1) is 23.6. The summed E-state index contributed by atoms with van der Waals surface area (Å²) in [6, 6.07) is 64.5. The summed E-state index contributed by atoms with van der Waals surface area (Å²) in [5, 5.41) is 4.96. The molecular weight excluding hydrogens is 579 g/mol. The van der Waals surface area contributed by atoms with Gasteiger partial charge in [0.15, 0.2) is 0 Å². The van der Waals surface area contributed by atoms with E-state index in [1.165, 1.54) is 71.7 Å². The van der Waals surface area contributed by atoms with Gasteiger partial charge in [-0.15, -0.1) is 0 Å². The molecule has 9 rings (SSSR count). The van der Waals surface area contributed by atoms with Crippen LogP contribution in [0.5, 0.6) is 0 Å². The minimum absolute atomic E-state index is 0.110. The van der Waals surface area contributed by atoms with Crippen LogP contribution in [-0.4, -0.2) is 0 Å². The van der Waals surface area contributed by atoms with Crippen LogP contribution < -0.4 is 4.90 Å². The average molecular weight is 614 g/mol. The van der Waals surface area contributed by atoms with E-state index >= 15 is 0 Å². The summed E-state index contributed by atoms with van der Waals surface area (Å²) in [6.07, 6.45) is 0. The summed E-state index contributed by atoms with van der Waals surface area (Å²) in [4.78, 5) is 2.52. The van der Waals surface area contributed by atoms with E-state index in [2.05, 4.69) is 195 Å². The Labute approximate surface area is 282 Å². The van der Waals surface area contributed by atoms with Crippen LogP contribution in [0.1, 0.15) is 25.0 Å². The minimum Gasteiger partial charge on any atom is -0.309 e. The molecule has 0 amide bonds. The summed E-state index contributed by atoms with van der Waals surface area (Å²) >= 11 is 0. The predicted octanol–water partition coefficient (Wildman–Crippen LogP) is 13.1. The highest BCUT2D eigenvalue weighted by Gasteiger charge is 2.38. The Morgan fingerprint density at radius 3 is 1.83 bits per heavy atom. The van der Waals surface area contributed by atoms with Crippen molar-refractivity contribution in [2.45, 2.75) is 19.3 Å². The van der Waals surface area contributed by atoms with Gasteiger partial charge in [0.25, 0.3) is 0 Å². The van der Waals surface area contributed by atoms with E-state index in [1.807, 2.05) is 0 Å². The molecule has 8 aromatic carbocycles. The molecule has 0 saturated carbocycles. The van der Waals surface area contributed by atoms with Gasteiger partial charge in [-0.3, -0.25) is 0 Å². The number of hydrogen-bond acceptors (Lipinski definition) is 1. The lowest BCUT2D eigenvalue weighted by molar-refractivity contribution is 0.660. The Kier molecular flexibility index (Phi) is 6.55. The molecule has 0 bridgehead atoms. The SMILES string of the molecule is CC1(C)c2ccccc2-c2c(N(c3cccc(-c4ccccc4)c3)c3ccc4ccccc4c3-c3cccc4ccccc34)cccc21. The van der Waals surface area contributed by atoms with Gasteiger partial charge in [-0.1, -0.05) is 166 Å². The zero-order valence-corrected chi connectivity index (χ0v) is 27.2. The van der Waals surface area contributed by atoms with Crippen LogP contribution in [-0.2, 0) is 5.41 Å². The van der Waals surface area contributed by atoms with Gasteiger partial charge in [-0.25, -0.2) is 0 Å². The van der Waals surface area contributed by atoms with Crippen molar-refractivity contribution in [2.75, 3.05) is 4.90 Å². The summed E-state index contributed by atoms with van der Waals surface area (Å²) in [7, 11) is 0. The van der Waals surface area contributed by atoms with Crippen molar-refractivity contribution in [1.82, 2.24) is 0 Å². The second kappa shape index (κ2) is 11.1. The average Bonchev–Trinajstić information content (AvgIpc) is 3.38. The predicted molar refractivity (Wildman–Crippen MR) is 205 cm³/mol. The molecule has 8 aromatic rings. The number of hydrogen-bond donors (Lipinski definition) is 0. The van der Waals surface area contributed by atoms with Gasteiger partial charge >= 0.3 is 0 Å². The smallest absolute Gasteiger partial charge is 0.0546 e. The van der Waals surface area contributed by atoms with Gasteiger partial charge < -0.3 is 4.90 Å². The zero-order valence-electron chi connectivity index (χ0n) is 27.2. The maximum Gasteiger partial charge on any atom is 0.0546 e. The zero-order chi connectivity index (χ0) is 32.2. The van der Waals surface area contributed by atoms with E-state index in [-0.39, 0.29) is 5.41 Å². The maximum atomic E-state index is 2.52. The lowest BCUT2D eigenvalue weighted by Crippen LogP contribution is -2.16. The standard InChI is InChI=1S/C47H35N/c1-47(2)41-26-11-10-24-40(41)46-42(47)27-14-28-43(46)48(36-21-12-20-35(31-36)32-15-4-3-5-16-32)44-30-29-34-18-7-9-23-38(34)45(44)39-25-13-19-33-17-6-8-22-37(33)39/h3-31H,1-2H3. The first-order valence-corrected chi connectivity index (χ1v) is 16.8. The van der Waals surface area contributed by atoms with Crippen LogP contribution in [0, 0.1) is 0 Å². The fourth-order valence-corrected chi connectivity index (χ4v) is 7.96. The normalized spacial score (nSPS) is 13.0. The molecule has 48 heavy (non-hydrogen) atoms. The molecule has 0 aromatic heterocycles. The Hall–Kier alpha value is -5.92. The van der Waals surface area contributed by atoms with Crippen molar-refractivity contribution in [3.05, 3.63) is 187 Å². The summed E-state index contributed by atoms with van der Waals surface area (Å²) in [5.41, 5.74) is 13.6. The van der Waals surface area contributed by atoms with Crippen LogP contribution in [0.15, 0.2) is 176 Å². The quantitative estimate of drug-likeness (QED) is 0.187. The molecule has 0 radical (unpaired) electrons. The fourth-order valence-electron chi connectivity index (χ4n) is 7.96. The second-order valence-electron chi connectivity index (χ2n) is 13.3. The third kappa shape index (κ3) is 4.39. The highest BCUT2D eigenvalue weighted by atomic mass is 15.1. The maximum absolute atomic E-state index is 2.52. The van der Waals surface area contributed by atoms with Gasteiger partial charge in [0.2, 0.25) is 0 Å². The van der Waals surface area contributed by atoms with Crippen LogP contribution in [0.25, 0.3) is 54.9 Å². The lowest BCUT2D eigenvalue weighted by atomic mass is 9.82. The van der Waals surface area contributed by atoms with E-state index in [9.17, 15) is 0 Å². The molecule has 1 nitrogen and oxygen atoms in total. The Bertz CT molecular complexity index is 2480. The number of benzene rings is 8. The Balaban J connectivity index is 1.41. The third-order valence-electron chi connectivity index (χ3n) is 10.2. The van der Waals surface area contributed by atoms with Crippen molar-refractivity contribution in [3.8, 4) is 33.4 Å². The molecule has 0 atom stereocenters. The molecule has 0 unspecified atom stereocenters. The molecule has 0 fully saturated rings. The molecule has 0 aliphatic heterocycles. The Morgan fingerprint density at radius 1 is 0.396 bits per heavy atom. The largest absolute Gasteiger partial charge is 0.309 e. The summed E-state index contributed by atoms with van der Waals surface area (Å²) < 4.78 is 0. The van der Waals surface area contributed by atoms with Gasteiger partial charge in [0.05, 0.1) is 11.4 Å². The first kappa shape index (κ1) is 28.3. The molecule has 1 aliphatic carbocycles. The topological polar surface area (TPSA) is 3.24 Å². The van der Waals surface area contributed by atoms with Crippen molar-refractivity contribution in [2.24, 2.45) is 0 Å². The van der Waals surface area contributed by atoms with Crippen molar-refractivity contribution >= 4 is 38.6 Å². The van der Waals surface area contributed by atoms with Gasteiger partial charge in [0.1, 0.15) is 0 Å². The minimum atomic E-state index is -0.110. The van der Waals surface area contributed by atoms with Gasteiger partial charge in [-0.05, 0) is 79.2 Å². The van der Waals surface area contributed by atoms with Gasteiger partial charge in [-0.2, -0.15) is 0 Å². The van der Waals surface area contributed by atoms with E-state index in [0.29, 0.717) is 0 Å². The second-order valence-corrected chi connectivity index (χ2v) is 13.3. The molecule has 0 N–H and O–H groups in total. The fraction of sp³-hybridized carbons (Fsp3) is 0.0638. The third-order valence-corrected chi connectivity index (χ3v) is 10.2. The van der Waals surface area contributed by atoms with Crippen LogP contribution in [0.2, 0.25) is 0 Å². The highest BCUT2D eigenvalue weighted by molar-refractivity contribution is 6.12. The molecular formula is C47H35N. The lowest BCUT2D eigenvalue weighted by Gasteiger charge is -2.31. The number of fused-ring (bicyclic) bond motifs is 5. The van der Waals surface area contributed by atoms with E-state index in [4.69, 9.17) is 0 Å². The monoisotopic (exact) mass is 613 g/mol. The van der Waals surface area contributed by atoms with Crippen molar-refractivity contribution in [3.63, 3.8) is 0 Å². The van der Waals surface area contributed by atoms with Crippen molar-refractivity contribution < 1.29 is 0 Å². The van der Waals surface area contributed by atoms with Crippen LogP contribution in [0.4, 0.5) is 17.1 Å². The number of nitrogens with zero attached hydrogens (tertiary/aromatic N) is 1. The molecule has 0 spiro atoms. The molecule has 1 heteroatoms. The van der Waals surface area contributed by atoms with Crippen LogP contribution >= 0.6 is 0 Å². The van der Waals surface area contributed by atoms with E-state index < -0.39 is 0 Å². The summed E-state index contributed by atoms with van der Waals surface area (Å²) in [5.74, 6) is 0. The van der Waals surface area contributed by atoms with Crippen LogP contribution in [0.3, 0.4) is 0 Å². The number of anilines is 3. The van der Waals surface area contributed by atoms with Crippen molar-refractivity contribution in [1.29, 1.82) is 0 Å². The summed E-state index contributed by atoms with van der Waals surface area (Å²) in [6.45, 7) is 4.72. The highest BCUT2D eigenvalue weighted by Crippen LogP contribution is 2.55.